The fourth-order valence-corrected chi connectivity index (χ4v) is 2.80. The van der Waals surface area contributed by atoms with E-state index in [2.05, 4.69) is 35.1 Å². The highest BCUT2D eigenvalue weighted by molar-refractivity contribution is 5.56. The zero-order valence-corrected chi connectivity index (χ0v) is 11.8. The SMILES string of the molecule is CNc1cncc(N(CC(C)C)C2CCCC2)c1. The molecule has 0 aromatic carbocycles. The summed E-state index contributed by atoms with van der Waals surface area (Å²) in [6.45, 7) is 5.70. The molecule has 0 saturated heterocycles. The minimum absolute atomic E-state index is 0.684. The molecule has 1 fully saturated rings. The standard InChI is InChI=1S/C15H25N3/c1-12(2)11-18(14-6-4-5-7-14)15-8-13(16-3)9-17-10-15/h8-10,12,14,16H,4-7,11H2,1-3H3. The molecule has 1 N–H and O–H groups in total. The highest BCUT2D eigenvalue weighted by atomic mass is 15.2. The number of rotatable bonds is 5. The van der Waals surface area contributed by atoms with E-state index in [4.69, 9.17) is 0 Å². The van der Waals surface area contributed by atoms with E-state index in [0.29, 0.717) is 12.0 Å². The molecule has 1 aromatic rings. The van der Waals surface area contributed by atoms with Crippen LogP contribution in [0.3, 0.4) is 0 Å². The van der Waals surface area contributed by atoms with E-state index in [-0.39, 0.29) is 0 Å². The molecule has 0 amide bonds. The molecule has 1 heterocycles. The Kier molecular flexibility index (Phi) is 4.45. The lowest BCUT2D eigenvalue weighted by molar-refractivity contribution is 0.535. The maximum atomic E-state index is 4.35. The molecule has 1 saturated carbocycles. The van der Waals surface area contributed by atoms with Crippen LogP contribution < -0.4 is 10.2 Å². The molecular formula is C15H25N3. The Balaban J connectivity index is 2.20. The van der Waals surface area contributed by atoms with Crippen LogP contribution in [-0.4, -0.2) is 24.6 Å². The second-order valence-corrected chi connectivity index (χ2v) is 5.67. The van der Waals surface area contributed by atoms with Crippen LogP contribution in [0, 0.1) is 5.92 Å². The van der Waals surface area contributed by atoms with Crippen molar-refractivity contribution in [3.05, 3.63) is 18.5 Å². The maximum Gasteiger partial charge on any atom is 0.0576 e. The van der Waals surface area contributed by atoms with Crippen molar-refractivity contribution in [2.24, 2.45) is 5.92 Å². The molecule has 0 bridgehead atoms. The first-order chi connectivity index (χ1) is 8.70. The lowest BCUT2D eigenvalue weighted by Gasteiger charge is -2.32. The second kappa shape index (κ2) is 6.07. The van der Waals surface area contributed by atoms with Gasteiger partial charge in [-0.3, -0.25) is 4.98 Å². The summed E-state index contributed by atoms with van der Waals surface area (Å²) in [6, 6.07) is 2.93. The van der Waals surface area contributed by atoms with Gasteiger partial charge in [0.2, 0.25) is 0 Å². The van der Waals surface area contributed by atoms with Crippen molar-refractivity contribution in [1.29, 1.82) is 0 Å². The zero-order valence-electron chi connectivity index (χ0n) is 11.8. The highest BCUT2D eigenvalue weighted by Gasteiger charge is 2.23. The quantitative estimate of drug-likeness (QED) is 0.862. The molecule has 0 atom stereocenters. The monoisotopic (exact) mass is 247 g/mol. The molecule has 3 heteroatoms. The summed E-state index contributed by atoms with van der Waals surface area (Å²) in [5, 5.41) is 3.18. The van der Waals surface area contributed by atoms with Gasteiger partial charge in [-0.05, 0) is 24.8 Å². The summed E-state index contributed by atoms with van der Waals surface area (Å²) in [5.74, 6) is 0.684. The Morgan fingerprint density at radius 2 is 2.06 bits per heavy atom. The number of nitrogens with zero attached hydrogens (tertiary/aromatic N) is 2. The smallest absolute Gasteiger partial charge is 0.0576 e. The van der Waals surface area contributed by atoms with Crippen molar-refractivity contribution in [2.75, 3.05) is 23.8 Å². The fourth-order valence-electron chi connectivity index (χ4n) is 2.80. The largest absolute Gasteiger partial charge is 0.387 e. The van der Waals surface area contributed by atoms with Crippen molar-refractivity contribution in [2.45, 2.75) is 45.6 Å². The van der Waals surface area contributed by atoms with Crippen LogP contribution >= 0.6 is 0 Å². The van der Waals surface area contributed by atoms with Gasteiger partial charge in [-0.15, -0.1) is 0 Å². The van der Waals surface area contributed by atoms with Gasteiger partial charge in [-0.1, -0.05) is 26.7 Å². The van der Waals surface area contributed by atoms with Crippen molar-refractivity contribution in [3.63, 3.8) is 0 Å². The van der Waals surface area contributed by atoms with Crippen LogP contribution in [-0.2, 0) is 0 Å². The third-order valence-electron chi connectivity index (χ3n) is 3.67. The summed E-state index contributed by atoms with van der Waals surface area (Å²) in [5.41, 5.74) is 2.36. The predicted molar refractivity (Wildman–Crippen MR) is 78.2 cm³/mol. The van der Waals surface area contributed by atoms with E-state index in [0.717, 1.165) is 12.2 Å². The maximum absolute atomic E-state index is 4.35. The Morgan fingerprint density at radius 1 is 1.33 bits per heavy atom. The van der Waals surface area contributed by atoms with Crippen LogP contribution in [0.1, 0.15) is 39.5 Å². The normalized spacial score (nSPS) is 16.2. The Hall–Kier alpha value is -1.25. The Labute approximate surface area is 111 Å². The summed E-state index contributed by atoms with van der Waals surface area (Å²) >= 11 is 0. The van der Waals surface area contributed by atoms with Gasteiger partial charge in [-0.25, -0.2) is 0 Å². The highest BCUT2D eigenvalue weighted by Crippen LogP contribution is 2.29. The fraction of sp³-hybridized carbons (Fsp3) is 0.667. The van der Waals surface area contributed by atoms with E-state index in [1.54, 1.807) is 0 Å². The van der Waals surface area contributed by atoms with Crippen LogP contribution in [0.25, 0.3) is 0 Å². The van der Waals surface area contributed by atoms with E-state index in [9.17, 15) is 0 Å². The summed E-state index contributed by atoms with van der Waals surface area (Å²) < 4.78 is 0. The molecule has 1 aliphatic carbocycles. The Morgan fingerprint density at radius 3 is 2.67 bits per heavy atom. The van der Waals surface area contributed by atoms with Crippen molar-refractivity contribution in [1.82, 2.24) is 4.98 Å². The number of pyridine rings is 1. The number of nitrogens with one attached hydrogen (secondary N) is 1. The predicted octanol–water partition coefficient (Wildman–Crippen LogP) is 3.53. The van der Waals surface area contributed by atoms with Crippen molar-refractivity contribution in [3.8, 4) is 0 Å². The third kappa shape index (κ3) is 3.15. The van der Waals surface area contributed by atoms with Crippen molar-refractivity contribution < 1.29 is 0 Å². The molecule has 2 rings (SSSR count). The van der Waals surface area contributed by atoms with E-state index >= 15 is 0 Å². The van der Waals surface area contributed by atoms with Gasteiger partial charge in [-0.2, -0.15) is 0 Å². The van der Waals surface area contributed by atoms with Gasteiger partial charge in [0.05, 0.1) is 23.8 Å². The molecular weight excluding hydrogens is 222 g/mol. The number of hydrogen-bond donors (Lipinski definition) is 1. The van der Waals surface area contributed by atoms with E-state index < -0.39 is 0 Å². The molecule has 1 aromatic heterocycles. The number of anilines is 2. The lowest BCUT2D eigenvalue weighted by atomic mass is 10.1. The molecule has 18 heavy (non-hydrogen) atoms. The van der Waals surface area contributed by atoms with Gasteiger partial charge in [0.15, 0.2) is 0 Å². The average molecular weight is 247 g/mol. The van der Waals surface area contributed by atoms with Gasteiger partial charge in [0, 0.05) is 19.6 Å². The molecule has 0 aliphatic heterocycles. The Bertz CT molecular complexity index is 370. The molecule has 1 aliphatic rings. The summed E-state index contributed by atoms with van der Waals surface area (Å²) in [7, 11) is 1.95. The number of aromatic nitrogens is 1. The molecule has 0 radical (unpaired) electrons. The van der Waals surface area contributed by atoms with Crippen LogP contribution in [0.4, 0.5) is 11.4 Å². The zero-order chi connectivity index (χ0) is 13.0. The molecule has 0 spiro atoms. The van der Waals surface area contributed by atoms with Crippen molar-refractivity contribution >= 4 is 11.4 Å². The van der Waals surface area contributed by atoms with Gasteiger partial charge in [0.25, 0.3) is 0 Å². The first-order valence-corrected chi connectivity index (χ1v) is 7.10. The topological polar surface area (TPSA) is 28.2 Å². The van der Waals surface area contributed by atoms with E-state index in [1.165, 1.54) is 31.4 Å². The molecule has 100 valence electrons. The van der Waals surface area contributed by atoms with E-state index in [1.807, 2.05) is 19.4 Å². The minimum atomic E-state index is 0.684. The van der Waals surface area contributed by atoms with Crippen LogP contribution in [0.2, 0.25) is 0 Å². The molecule has 3 nitrogen and oxygen atoms in total. The second-order valence-electron chi connectivity index (χ2n) is 5.67. The minimum Gasteiger partial charge on any atom is -0.387 e. The first-order valence-electron chi connectivity index (χ1n) is 7.10. The van der Waals surface area contributed by atoms with Crippen LogP contribution in [0.5, 0.6) is 0 Å². The molecule has 0 unspecified atom stereocenters. The number of hydrogen-bond acceptors (Lipinski definition) is 3. The van der Waals surface area contributed by atoms with Gasteiger partial charge >= 0.3 is 0 Å². The summed E-state index contributed by atoms with van der Waals surface area (Å²) in [6.07, 6.45) is 9.29. The first kappa shape index (κ1) is 13.2. The van der Waals surface area contributed by atoms with Gasteiger partial charge < -0.3 is 10.2 Å². The summed E-state index contributed by atoms with van der Waals surface area (Å²) in [4.78, 5) is 6.91. The average Bonchev–Trinajstić information content (AvgIpc) is 2.89. The third-order valence-corrected chi connectivity index (χ3v) is 3.67. The van der Waals surface area contributed by atoms with Crippen LogP contribution in [0.15, 0.2) is 18.5 Å². The van der Waals surface area contributed by atoms with Gasteiger partial charge in [0.1, 0.15) is 0 Å². The lowest BCUT2D eigenvalue weighted by Crippen LogP contribution is -2.36.